The highest BCUT2D eigenvalue weighted by molar-refractivity contribution is 14.1. The van der Waals surface area contributed by atoms with Crippen molar-refractivity contribution in [3.8, 4) is 17.6 Å². The molecule has 32 heavy (non-hydrogen) atoms. The molecule has 5 nitrogen and oxygen atoms in total. The molecule has 3 aromatic carbocycles. The number of carbonyl (C=O) groups is 1. The van der Waals surface area contributed by atoms with E-state index in [-0.39, 0.29) is 5.57 Å². The topological polar surface area (TPSA) is 71.3 Å². The summed E-state index contributed by atoms with van der Waals surface area (Å²) in [5.74, 6) is 1.01. The van der Waals surface area contributed by atoms with Crippen LogP contribution in [0, 0.1) is 21.8 Å². The summed E-state index contributed by atoms with van der Waals surface area (Å²) in [6.07, 6.45) is 1.57. The van der Waals surface area contributed by atoms with Gasteiger partial charge in [-0.15, -0.1) is 0 Å². The van der Waals surface area contributed by atoms with Crippen molar-refractivity contribution in [1.29, 1.82) is 5.26 Å². The SMILES string of the molecule is CCOc1ccc(NC(=O)/C(C#N)=C\c2ccc(OCc3ccc(C)cc3)c(I)c2)cc1. The average molecular weight is 538 g/mol. The number of hydrogen-bond donors (Lipinski definition) is 1. The number of hydrogen-bond acceptors (Lipinski definition) is 4. The van der Waals surface area contributed by atoms with Crippen LogP contribution in [0.2, 0.25) is 0 Å². The monoisotopic (exact) mass is 538 g/mol. The van der Waals surface area contributed by atoms with E-state index in [2.05, 4.69) is 40.0 Å². The van der Waals surface area contributed by atoms with E-state index < -0.39 is 5.91 Å². The number of ether oxygens (including phenoxy) is 2. The lowest BCUT2D eigenvalue weighted by Crippen LogP contribution is -2.13. The molecule has 3 aromatic rings. The van der Waals surface area contributed by atoms with Gasteiger partial charge in [0.2, 0.25) is 0 Å². The number of nitrogens with zero attached hydrogens (tertiary/aromatic N) is 1. The van der Waals surface area contributed by atoms with E-state index in [1.165, 1.54) is 5.56 Å². The van der Waals surface area contributed by atoms with Crippen LogP contribution in [0.3, 0.4) is 0 Å². The van der Waals surface area contributed by atoms with Crippen LogP contribution in [0.5, 0.6) is 11.5 Å². The van der Waals surface area contributed by atoms with Crippen molar-refractivity contribution < 1.29 is 14.3 Å². The van der Waals surface area contributed by atoms with Crippen molar-refractivity contribution in [3.63, 3.8) is 0 Å². The van der Waals surface area contributed by atoms with Gasteiger partial charge in [-0.05, 0) is 90.0 Å². The van der Waals surface area contributed by atoms with Gasteiger partial charge in [-0.2, -0.15) is 5.26 Å². The molecule has 6 heteroatoms. The van der Waals surface area contributed by atoms with Gasteiger partial charge in [0.25, 0.3) is 5.91 Å². The maximum atomic E-state index is 12.5. The molecule has 0 aliphatic rings. The van der Waals surface area contributed by atoms with Crippen LogP contribution in [0.25, 0.3) is 6.08 Å². The molecule has 162 valence electrons. The lowest BCUT2D eigenvalue weighted by molar-refractivity contribution is -0.112. The van der Waals surface area contributed by atoms with Crippen molar-refractivity contribution >= 4 is 40.3 Å². The van der Waals surface area contributed by atoms with Gasteiger partial charge in [-0.3, -0.25) is 4.79 Å². The molecule has 0 aliphatic heterocycles. The largest absolute Gasteiger partial charge is 0.494 e. The summed E-state index contributed by atoms with van der Waals surface area (Å²) in [6.45, 7) is 5.00. The van der Waals surface area contributed by atoms with E-state index in [9.17, 15) is 10.1 Å². The van der Waals surface area contributed by atoms with Crippen molar-refractivity contribution in [2.75, 3.05) is 11.9 Å². The number of nitriles is 1. The second-order valence-corrected chi connectivity index (χ2v) is 8.21. The van der Waals surface area contributed by atoms with Crippen LogP contribution < -0.4 is 14.8 Å². The number of anilines is 1. The Labute approximate surface area is 201 Å². The van der Waals surface area contributed by atoms with Crippen LogP contribution in [0.15, 0.2) is 72.3 Å². The summed E-state index contributed by atoms with van der Waals surface area (Å²) < 4.78 is 12.2. The highest BCUT2D eigenvalue weighted by Gasteiger charge is 2.11. The number of aryl methyl sites for hydroxylation is 1. The van der Waals surface area contributed by atoms with Crippen LogP contribution in [0.1, 0.15) is 23.6 Å². The standard InChI is InChI=1S/C26H23IN2O3/c1-3-31-23-11-9-22(10-12-23)29-26(30)21(16-28)14-20-8-13-25(24(27)15-20)32-17-19-6-4-18(2)5-7-19/h4-15H,3,17H2,1-2H3,(H,29,30)/b21-14-. The van der Waals surface area contributed by atoms with Crippen LogP contribution in [-0.4, -0.2) is 12.5 Å². The molecule has 0 unspecified atom stereocenters. The summed E-state index contributed by atoms with van der Waals surface area (Å²) >= 11 is 2.19. The number of amides is 1. The van der Waals surface area contributed by atoms with Gasteiger partial charge in [0.05, 0.1) is 10.2 Å². The van der Waals surface area contributed by atoms with E-state index in [4.69, 9.17) is 9.47 Å². The van der Waals surface area contributed by atoms with Gasteiger partial charge in [0.15, 0.2) is 0 Å². The zero-order valence-corrected chi connectivity index (χ0v) is 20.0. The van der Waals surface area contributed by atoms with Crippen molar-refractivity contribution in [2.24, 2.45) is 0 Å². The van der Waals surface area contributed by atoms with Gasteiger partial charge in [-0.1, -0.05) is 35.9 Å². The van der Waals surface area contributed by atoms with Crippen LogP contribution in [0.4, 0.5) is 5.69 Å². The highest BCUT2D eigenvalue weighted by atomic mass is 127. The van der Waals surface area contributed by atoms with E-state index in [1.54, 1.807) is 30.3 Å². The van der Waals surface area contributed by atoms with Gasteiger partial charge in [-0.25, -0.2) is 0 Å². The Morgan fingerprint density at radius 1 is 1.06 bits per heavy atom. The zero-order chi connectivity index (χ0) is 22.9. The molecule has 0 radical (unpaired) electrons. The normalized spacial score (nSPS) is 10.9. The third-order valence-electron chi connectivity index (χ3n) is 4.57. The maximum absolute atomic E-state index is 12.5. The summed E-state index contributed by atoms with van der Waals surface area (Å²) in [4.78, 5) is 12.5. The quantitative estimate of drug-likeness (QED) is 0.213. The second kappa shape index (κ2) is 11.3. The Morgan fingerprint density at radius 2 is 1.78 bits per heavy atom. The van der Waals surface area contributed by atoms with Crippen LogP contribution >= 0.6 is 22.6 Å². The fourth-order valence-electron chi connectivity index (χ4n) is 2.88. The minimum atomic E-state index is -0.466. The molecular formula is C26H23IN2O3. The summed E-state index contributed by atoms with van der Waals surface area (Å²) in [6, 6.07) is 22.7. The molecule has 1 N–H and O–H groups in total. The molecule has 0 heterocycles. The lowest BCUT2D eigenvalue weighted by Gasteiger charge is -2.10. The Morgan fingerprint density at radius 3 is 2.41 bits per heavy atom. The Kier molecular flexibility index (Phi) is 8.28. The Bertz CT molecular complexity index is 1150. The van der Waals surface area contributed by atoms with E-state index in [0.717, 1.165) is 26.2 Å². The molecule has 3 rings (SSSR count). The van der Waals surface area contributed by atoms with E-state index in [1.807, 2.05) is 50.2 Å². The minimum absolute atomic E-state index is 0.0167. The predicted molar refractivity (Wildman–Crippen MR) is 135 cm³/mol. The summed E-state index contributed by atoms with van der Waals surface area (Å²) in [5.41, 5.74) is 3.65. The van der Waals surface area contributed by atoms with Crippen molar-refractivity contribution in [1.82, 2.24) is 0 Å². The minimum Gasteiger partial charge on any atom is -0.494 e. The molecule has 0 fully saturated rings. The van der Waals surface area contributed by atoms with Crippen molar-refractivity contribution in [2.45, 2.75) is 20.5 Å². The van der Waals surface area contributed by atoms with Gasteiger partial charge >= 0.3 is 0 Å². The Hall–Kier alpha value is -3.31. The lowest BCUT2D eigenvalue weighted by atomic mass is 10.1. The summed E-state index contributed by atoms with van der Waals surface area (Å²) in [7, 11) is 0. The molecule has 0 saturated heterocycles. The van der Waals surface area contributed by atoms with Gasteiger partial charge < -0.3 is 14.8 Å². The molecule has 0 bridgehead atoms. The third kappa shape index (κ3) is 6.59. The second-order valence-electron chi connectivity index (χ2n) is 7.05. The first kappa shape index (κ1) is 23.4. The maximum Gasteiger partial charge on any atom is 0.266 e. The first-order valence-corrected chi connectivity index (χ1v) is 11.2. The smallest absolute Gasteiger partial charge is 0.266 e. The van der Waals surface area contributed by atoms with E-state index >= 15 is 0 Å². The third-order valence-corrected chi connectivity index (χ3v) is 5.41. The van der Waals surface area contributed by atoms with Gasteiger partial charge in [0, 0.05) is 5.69 Å². The number of benzene rings is 3. The molecule has 0 aliphatic carbocycles. The number of nitrogens with one attached hydrogen (secondary N) is 1. The van der Waals surface area contributed by atoms with Crippen molar-refractivity contribution in [3.05, 3.63) is 92.6 Å². The Balaban J connectivity index is 1.66. The highest BCUT2D eigenvalue weighted by Crippen LogP contribution is 2.25. The predicted octanol–water partition coefficient (Wildman–Crippen LogP) is 6.12. The summed E-state index contributed by atoms with van der Waals surface area (Å²) in [5, 5.41) is 12.2. The molecular weight excluding hydrogens is 515 g/mol. The number of rotatable bonds is 8. The number of carbonyl (C=O) groups excluding carboxylic acids is 1. The fourth-order valence-corrected chi connectivity index (χ4v) is 3.58. The van der Waals surface area contributed by atoms with Gasteiger partial charge in [0.1, 0.15) is 29.7 Å². The molecule has 0 atom stereocenters. The number of halogens is 1. The molecule has 0 spiro atoms. The first-order chi connectivity index (χ1) is 15.5. The first-order valence-electron chi connectivity index (χ1n) is 10.1. The molecule has 0 aromatic heterocycles. The molecule has 0 saturated carbocycles. The molecule has 1 amide bonds. The fraction of sp³-hybridized carbons (Fsp3) is 0.154. The zero-order valence-electron chi connectivity index (χ0n) is 17.9. The average Bonchev–Trinajstić information content (AvgIpc) is 2.79. The van der Waals surface area contributed by atoms with Crippen LogP contribution in [-0.2, 0) is 11.4 Å². The van der Waals surface area contributed by atoms with E-state index in [0.29, 0.717) is 18.9 Å².